The molecule has 3 unspecified atom stereocenters. The lowest BCUT2D eigenvalue weighted by molar-refractivity contribution is -0.128. The smallest absolute Gasteiger partial charge is 0.159 e. The van der Waals surface area contributed by atoms with Crippen molar-refractivity contribution in [3.8, 4) is 0 Å². The van der Waals surface area contributed by atoms with Crippen molar-refractivity contribution >= 4 is 5.78 Å². The van der Waals surface area contributed by atoms with Crippen LogP contribution in [-0.2, 0) is 4.79 Å². The first kappa shape index (κ1) is 12.4. The second-order valence-electron chi connectivity index (χ2n) is 5.44. The molecule has 0 aliphatic heterocycles. The lowest BCUT2D eigenvalue weighted by Gasteiger charge is -2.43. The highest BCUT2D eigenvalue weighted by atomic mass is 16.3. The third-order valence-electron chi connectivity index (χ3n) is 3.45. The van der Waals surface area contributed by atoms with Gasteiger partial charge in [0.15, 0.2) is 5.78 Å². The van der Waals surface area contributed by atoms with Gasteiger partial charge in [0.1, 0.15) is 0 Å². The van der Waals surface area contributed by atoms with Crippen LogP contribution in [0.4, 0.5) is 0 Å². The Morgan fingerprint density at radius 1 is 1.47 bits per heavy atom. The van der Waals surface area contributed by atoms with Crippen molar-refractivity contribution in [2.24, 2.45) is 17.3 Å². The van der Waals surface area contributed by atoms with E-state index in [0.717, 1.165) is 12.8 Å². The van der Waals surface area contributed by atoms with E-state index in [2.05, 4.69) is 20.8 Å². The van der Waals surface area contributed by atoms with Gasteiger partial charge in [-0.05, 0) is 37.2 Å². The van der Waals surface area contributed by atoms with Gasteiger partial charge in [-0.3, -0.25) is 4.79 Å². The monoisotopic (exact) mass is 210 g/mol. The predicted molar refractivity (Wildman–Crippen MR) is 61.5 cm³/mol. The highest BCUT2D eigenvalue weighted by Crippen LogP contribution is 2.44. The van der Waals surface area contributed by atoms with Gasteiger partial charge < -0.3 is 5.11 Å². The van der Waals surface area contributed by atoms with Crippen molar-refractivity contribution in [3.63, 3.8) is 0 Å². The molecule has 1 fully saturated rings. The molecule has 1 N–H and O–H groups in total. The maximum absolute atomic E-state index is 12.0. The van der Waals surface area contributed by atoms with Crippen molar-refractivity contribution in [1.29, 1.82) is 0 Å². The molecule has 0 aromatic rings. The zero-order chi connectivity index (χ0) is 11.6. The van der Waals surface area contributed by atoms with Crippen LogP contribution in [-0.4, -0.2) is 17.0 Å². The number of rotatable bonds is 2. The molecule has 0 spiro atoms. The number of hydrogen-bond acceptors (Lipinski definition) is 2. The minimum atomic E-state index is -0.246. The Bertz CT molecular complexity index is 266. The molecule has 1 saturated carbocycles. The maximum atomic E-state index is 12.0. The van der Waals surface area contributed by atoms with Crippen LogP contribution >= 0.6 is 0 Å². The number of carbonyl (C=O) groups excluding carboxylic acids is 1. The van der Waals surface area contributed by atoms with Gasteiger partial charge in [-0.2, -0.15) is 0 Å². The number of aliphatic hydroxyl groups is 1. The van der Waals surface area contributed by atoms with E-state index < -0.39 is 0 Å². The molecule has 0 aromatic carbocycles. The standard InChI is InChI=1S/C13H22O2/c1-5-6-11(15)12-9(2)7-10(14)8-13(12,3)4/h5-6,9-10,12,14H,7-8H2,1-4H3. The summed E-state index contributed by atoms with van der Waals surface area (Å²) in [6.45, 7) is 8.10. The van der Waals surface area contributed by atoms with Crippen LogP contribution in [0.3, 0.4) is 0 Å². The van der Waals surface area contributed by atoms with E-state index in [0.29, 0.717) is 0 Å². The van der Waals surface area contributed by atoms with Crippen LogP contribution in [0.15, 0.2) is 12.2 Å². The van der Waals surface area contributed by atoms with Crippen molar-refractivity contribution in [3.05, 3.63) is 12.2 Å². The van der Waals surface area contributed by atoms with Crippen LogP contribution in [0.5, 0.6) is 0 Å². The van der Waals surface area contributed by atoms with Crippen LogP contribution in [0.25, 0.3) is 0 Å². The summed E-state index contributed by atoms with van der Waals surface area (Å²) in [6.07, 6.45) is 4.70. The van der Waals surface area contributed by atoms with E-state index in [-0.39, 0.29) is 29.1 Å². The number of ketones is 1. The summed E-state index contributed by atoms with van der Waals surface area (Å²) in [4.78, 5) is 12.0. The van der Waals surface area contributed by atoms with E-state index in [1.807, 2.05) is 6.92 Å². The van der Waals surface area contributed by atoms with Gasteiger partial charge in [0.2, 0.25) is 0 Å². The lowest BCUT2D eigenvalue weighted by atomic mass is 9.61. The normalized spacial score (nSPS) is 35.7. The minimum absolute atomic E-state index is 0.0529. The van der Waals surface area contributed by atoms with Crippen molar-refractivity contribution < 1.29 is 9.90 Å². The van der Waals surface area contributed by atoms with Crippen molar-refractivity contribution in [1.82, 2.24) is 0 Å². The van der Waals surface area contributed by atoms with Crippen LogP contribution < -0.4 is 0 Å². The van der Waals surface area contributed by atoms with Gasteiger partial charge in [-0.15, -0.1) is 0 Å². The largest absolute Gasteiger partial charge is 0.393 e. The van der Waals surface area contributed by atoms with E-state index in [1.165, 1.54) is 0 Å². The number of carbonyl (C=O) groups is 1. The van der Waals surface area contributed by atoms with E-state index >= 15 is 0 Å². The Kier molecular flexibility index (Phi) is 3.72. The summed E-state index contributed by atoms with van der Waals surface area (Å²) in [5.74, 6) is 0.534. The fourth-order valence-electron chi connectivity index (χ4n) is 3.09. The molecule has 0 amide bonds. The fraction of sp³-hybridized carbons (Fsp3) is 0.769. The van der Waals surface area contributed by atoms with E-state index in [1.54, 1.807) is 12.2 Å². The van der Waals surface area contributed by atoms with Crippen LogP contribution in [0, 0.1) is 17.3 Å². The molecule has 86 valence electrons. The van der Waals surface area contributed by atoms with E-state index in [4.69, 9.17) is 0 Å². The molecule has 1 aliphatic rings. The van der Waals surface area contributed by atoms with Gasteiger partial charge in [-0.25, -0.2) is 0 Å². The SMILES string of the molecule is CC=CC(=O)C1C(C)CC(O)CC1(C)C. The fourth-order valence-corrected chi connectivity index (χ4v) is 3.09. The topological polar surface area (TPSA) is 37.3 Å². The summed E-state index contributed by atoms with van der Waals surface area (Å²) < 4.78 is 0. The second kappa shape index (κ2) is 4.48. The minimum Gasteiger partial charge on any atom is -0.393 e. The molecule has 2 nitrogen and oxygen atoms in total. The van der Waals surface area contributed by atoms with Crippen LogP contribution in [0.2, 0.25) is 0 Å². The van der Waals surface area contributed by atoms with Gasteiger partial charge in [0, 0.05) is 5.92 Å². The molecule has 1 aliphatic carbocycles. The summed E-state index contributed by atoms with van der Waals surface area (Å²) in [7, 11) is 0. The molecule has 15 heavy (non-hydrogen) atoms. The molecule has 3 atom stereocenters. The molecule has 0 radical (unpaired) electrons. The zero-order valence-electron chi connectivity index (χ0n) is 10.2. The Morgan fingerprint density at radius 3 is 2.53 bits per heavy atom. The first-order valence-electron chi connectivity index (χ1n) is 5.73. The Morgan fingerprint density at radius 2 is 2.07 bits per heavy atom. The average Bonchev–Trinajstić information content (AvgIpc) is 1.99. The summed E-state index contributed by atoms with van der Waals surface area (Å²) in [5.41, 5.74) is -0.0896. The molecule has 2 heteroatoms. The zero-order valence-corrected chi connectivity index (χ0v) is 10.2. The highest BCUT2D eigenvalue weighted by molar-refractivity contribution is 5.92. The Labute approximate surface area is 92.4 Å². The highest BCUT2D eigenvalue weighted by Gasteiger charge is 2.43. The quantitative estimate of drug-likeness (QED) is 0.711. The molecule has 0 heterocycles. The third kappa shape index (κ3) is 2.69. The predicted octanol–water partition coefficient (Wildman–Crippen LogP) is 2.56. The summed E-state index contributed by atoms with van der Waals surface area (Å²) in [6, 6.07) is 0. The molecular formula is C13H22O2. The van der Waals surface area contributed by atoms with Crippen molar-refractivity contribution in [2.45, 2.75) is 46.6 Å². The van der Waals surface area contributed by atoms with E-state index in [9.17, 15) is 9.90 Å². The summed E-state index contributed by atoms with van der Waals surface area (Å²) >= 11 is 0. The molecule has 1 rings (SSSR count). The van der Waals surface area contributed by atoms with Gasteiger partial charge in [0.25, 0.3) is 0 Å². The summed E-state index contributed by atoms with van der Waals surface area (Å²) in [5, 5.41) is 9.72. The average molecular weight is 210 g/mol. The van der Waals surface area contributed by atoms with Crippen LogP contribution in [0.1, 0.15) is 40.5 Å². The molecular weight excluding hydrogens is 188 g/mol. The first-order chi connectivity index (χ1) is 6.88. The van der Waals surface area contributed by atoms with Gasteiger partial charge in [0.05, 0.1) is 6.10 Å². The maximum Gasteiger partial charge on any atom is 0.159 e. The van der Waals surface area contributed by atoms with Gasteiger partial charge in [-0.1, -0.05) is 26.8 Å². The Hall–Kier alpha value is -0.630. The second-order valence-corrected chi connectivity index (χ2v) is 5.44. The number of aliphatic hydroxyl groups excluding tert-OH is 1. The van der Waals surface area contributed by atoms with Crippen molar-refractivity contribution in [2.75, 3.05) is 0 Å². The number of allylic oxidation sites excluding steroid dienone is 2. The molecule has 0 saturated heterocycles. The first-order valence-corrected chi connectivity index (χ1v) is 5.73. The number of hydrogen-bond donors (Lipinski definition) is 1. The molecule has 0 bridgehead atoms. The lowest BCUT2D eigenvalue weighted by Crippen LogP contribution is -2.43. The Balaban J connectivity index is 2.89. The molecule has 0 aromatic heterocycles. The third-order valence-corrected chi connectivity index (χ3v) is 3.45. The van der Waals surface area contributed by atoms with Gasteiger partial charge >= 0.3 is 0 Å².